The summed E-state index contributed by atoms with van der Waals surface area (Å²) in [5.74, 6) is -0.618. The first kappa shape index (κ1) is 10.2. The minimum atomic E-state index is -0.618. The molecule has 0 radical (unpaired) electrons. The van der Waals surface area contributed by atoms with Gasteiger partial charge in [0.05, 0.1) is 6.61 Å². The highest BCUT2D eigenvalue weighted by Crippen LogP contribution is 2.32. The Morgan fingerprint density at radius 1 is 1.50 bits per heavy atom. The lowest BCUT2D eigenvalue weighted by atomic mass is 10.1. The normalized spacial score (nSPS) is 11.1. The Hall–Kier alpha value is -0.330. The first-order chi connectivity index (χ1) is 6.63. The summed E-state index contributed by atoms with van der Waals surface area (Å²) in [4.78, 5) is 0. The third kappa shape index (κ3) is 1.51. The van der Waals surface area contributed by atoms with E-state index in [1.165, 1.54) is 6.07 Å². The molecule has 0 saturated heterocycles. The standard InChI is InChI=1S/C9H5ClFIO2/c10-7-8(11)5(3-13)1-4-2-6(12)14-9(4)7/h1-2,13H,3H2. The fourth-order valence-electron chi connectivity index (χ4n) is 1.26. The Bertz CT molecular complexity index is 495. The van der Waals surface area contributed by atoms with Crippen molar-refractivity contribution in [3.8, 4) is 0 Å². The molecule has 1 aromatic carbocycles. The van der Waals surface area contributed by atoms with Crippen molar-refractivity contribution in [2.45, 2.75) is 6.61 Å². The van der Waals surface area contributed by atoms with E-state index in [2.05, 4.69) is 0 Å². The average molecular weight is 326 g/mol. The van der Waals surface area contributed by atoms with Gasteiger partial charge in [-0.15, -0.1) is 0 Å². The zero-order valence-corrected chi connectivity index (χ0v) is 9.76. The first-order valence-corrected chi connectivity index (χ1v) is 5.26. The molecule has 0 aliphatic rings. The minimum Gasteiger partial charge on any atom is -0.449 e. The van der Waals surface area contributed by atoms with Gasteiger partial charge in [0, 0.05) is 10.9 Å². The van der Waals surface area contributed by atoms with E-state index in [0.717, 1.165) is 0 Å². The largest absolute Gasteiger partial charge is 0.449 e. The van der Waals surface area contributed by atoms with Crippen LogP contribution in [0.2, 0.25) is 5.02 Å². The average Bonchev–Trinajstić information content (AvgIpc) is 2.52. The van der Waals surface area contributed by atoms with Crippen LogP contribution in [-0.2, 0) is 6.61 Å². The molecule has 0 fully saturated rings. The highest BCUT2D eigenvalue weighted by molar-refractivity contribution is 14.1. The molecular weight excluding hydrogens is 321 g/mol. The van der Waals surface area contributed by atoms with E-state index in [-0.39, 0.29) is 17.2 Å². The molecule has 0 amide bonds. The van der Waals surface area contributed by atoms with Crippen LogP contribution in [0.3, 0.4) is 0 Å². The molecule has 0 aliphatic carbocycles. The van der Waals surface area contributed by atoms with E-state index < -0.39 is 5.82 Å². The SMILES string of the molecule is OCc1cc2cc(I)oc2c(Cl)c1F. The highest BCUT2D eigenvalue weighted by Gasteiger charge is 2.14. The molecule has 0 bridgehead atoms. The van der Waals surface area contributed by atoms with E-state index in [4.69, 9.17) is 21.1 Å². The van der Waals surface area contributed by atoms with Gasteiger partial charge in [0.15, 0.2) is 15.2 Å². The maximum atomic E-state index is 13.4. The van der Waals surface area contributed by atoms with E-state index in [0.29, 0.717) is 14.7 Å². The molecule has 0 unspecified atom stereocenters. The van der Waals surface area contributed by atoms with Crippen molar-refractivity contribution in [2.24, 2.45) is 0 Å². The van der Waals surface area contributed by atoms with Crippen molar-refractivity contribution >= 4 is 45.2 Å². The van der Waals surface area contributed by atoms with Crippen molar-refractivity contribution < 1.29 is 13.9 Å². The number of hydrogen-bond acceptors (Lipinski definition) is 2. The van der Waals surface area contributed by atoms with Crippen LogP contribution in [0.15, 0.2) is 16.5 Å². The monoisotopic (exact) mass is 326 g/mol. The maximum absolute atomic E-state index is 13.4. The third-order valence-corrected chi connectivity index (χ3v) is 2.77. The summed E-state index contributed by atoms with van der Waals surface area (Å²) in [5, 5.41) is 9.50. The van der Waals surface area contributed by atoms with Gasteiger partial charge in [-0.05, 0) is 34.7 Å². The molecule has 0 saturated carbocycles. The zero-order valence-electron chi connectivity index (χ0n) is 6.85. The molecule has 1 N–H and O–H groups in total. The summed E-state index contributed by atoms with van der Waals surface area (Å²) in [5.41, 5.74) is 0.505. The summed E-state index contributed by atoms with van der Waals surface area (Å²) in [6.45, 7) is -0.372. The van der Waals surface area contributed by atoms with E-state index in [1.807, 2.05) is 22.6 Å². The first-order valence-electron chi connectivity index (χ1n) is 3.80. The van der Waals surface area contributed by atoms with Gasteiger partial charge in [-0.2, -0.15) is 0 Å². The number of halogens is 3. The van der Waals surface area contributed by atoms with Gasteiger partial charge in [-0.3, -0.25) is 0 Å². The number of benzene rings is 1. The quantitative estimate of drug-likeness (QED) is 0.816. The second-order valence-electron chi connectivity index (χ2n) is 2.79. The number of aliphatic hydroxyl groups excluding tert-OH is 1. The Balaban J connectivity index is 2.84. The summed E-state index contributed by atoms with van der Waals surface area (Å²) in [6.07, 6.45) is 0. The molecule has 74 valence electrons. The molecule has 1 heterocycles. The number of fused-ring (bicyclic) bond motifs is 1. The van der Waals surface area contributed by atoms with Crippen LogP contribution in [0.4, 0.5) is 4.39 Å². The lowest BCUT2D eigenvalue weighted by molar-refractivity contribution is 0.276. The van der Waals surface area contributed by atoms with Crippen LogP contribution in [0.5, 0.6) is 0 Å². The van der Waals surface area contributed by atoms with E-state index in [1.54, 1.807) is 6.07 Å². The molecule has 14 heavy (non-hydrogen) atoms. The molecule has 5 heteroatoms. The lowest BCUT2D eigenvalue weighted by Crippen LogP contribution is -1.90. The smallest absolute Gasteiger partial charge is 0.165 e. The molecule has 2 rings (SSSR count). The van der Waals surface area contributed by atoms with E-state index >= 15 is 0 Å². The molecule has 2 nitrogen and oxygen atoms in total. The van der Waals surface area contributed by atoms with Gasteiger partial charge in [0.1, 0.15) is 5.02 Å². The topological polar surface area (TPSA) is 33.4 Å². The van der Waals surface area contributed by atoms with Gasteiger partial charge in [-0.1, -0.05) is 11.6 Å². The van der Waals surface area contributed by atoms with Crippen LogP contribution in [0.1, 0.15) is 5.56 Å². The Morgan fingerprint density at radius 3 is 2.86 bits per heavy atom. The fraction of sp³-hybridized carbons (Fsp3) is 0.111. The number of hydrogen-bond donors (Lipinski definition) is 1. The molecule has 1 aromatic heterocycles. The number of furan rings is 1. The van der Waals surface area contributed by atoms with Crippen molar-refractivity contribution in [1.29, 1.82) is 0 Å². The highest BCUT2D eigenvalue weighted by atomic mass is 127. The number of rotatable bonds is 1. The molecular formula is C9H5ClFIO2. The van der Waals surface area contributed by atoms with Crippen molar-refractivity contribution in [3.05, 3.63) is 32.3 Å². The summed E-state index contributed by atoms with van der Waals surface area (Å²) >= 11 is 7.71. The summed E-state index contributed by atoms with van der Waals surface area (Å²) < 4.78 is 19.2. The Labute approximate surface area is 97.8 Å². The fourth-order valence-corrected chi connectivity index (χ4v) is 2.08. The molecule has 0 spiro atoms. The van der Waals surface area contributed by atoms with Crippen LogP contribution in [-0.4, -0.2) is 5.11 Å². The lowest BCUT2D eigenvalue weighted by Gasteiger charge is -2.01. The van der Waals surface area contributed by atoms with Crippen molar-refractivity contribution in [2.75, 3.05) is 0 Å². The molecule has 0 aliphatic heterocycles. The van der Waals surface area contributed by atoms with Crippen LogP contribution in [0, 0.1) is 9.58 Å². The van der Waals surface area contributed by atoms with Gasteiger partial charge in [0.25, 0.3) is 0 Å². The van der Waals surface area contributed by atoms with E-state index in [9.17, 15) is 4.39 Å². The zero-order chi connectivity index (χ0) is 10.3. The van der Waals surface area contributed by atoms with Crippen molar-refractivity contribution in [3.63, 3.8) is 0 Å². The second-order valence-corrected chi connectivity index (χ2v) is 4.23. The predicted molar refractivity (Wildman–Crippen MR) is 59.8 cm³/mol. The van der Waals surface area contributed by atoms with Gasteiger partial charge in [-0.25, -0.2) is 4.39 Å². The second kappa shape index (κ2) is 3.67. The van der Waals surface area contributed by atoms with Crippen LogP contribution < -0.4 is 0 Å². The number of aliphatic hydroxyl groups is 1. The van der Waals surface area contributed by atoms with Crippen LogP contribution in [0.25, 0.3) is 11.0 Å². The van der Waals surface area contributed by atoms with Crippen LogP contribution >= 0.6 is 34.2 Å². The maximum Gasteiger partial charge on any atom is 0.165 e. The summed E-state index contributed by atoms with van der Waals surface area (Å²) in [6, 6.07) is 3.27. The predicted octanol–water partition coefficient (Wildman–Crippen LogP) is 3.32. The molecule has 0 atom stereocenters. The Kier molecular flexibility index (Phi) is 2.68. The van der Waals surface area contributed by atoms with Gasteiger partial charge < -0.3 is 9.52 Å². The van der Waals surface area contributed by atoms with Crippen molar-refractivity contribution in [1.82, 2.24) is 0 Å². The van der Waals surface area contributed by atoms with Gasteiger partial charge in [0.2, 0.25) is 0 Å². The third-order valence-electron chi connectivity index (χ3n) is 1.90. The summed E-state index contributed by atoms with van der Waals surface area (Å²) in [7, 11) is 0. The molecule has 2 aromatic rings. The van der Waals surface area contributed by atoms with Gasteiger partial charge >= 0.3 is 0 Å². The Morgan fingerprint density at radius 2 is 2.21 bits per heavy atom. The minimum absolute atomic E-state index is 0.0746.